The first kappa shape index (κ1) is 9.68. The number of carboxylic acids is 1. The van der Waals surface area contributed by atoms with Gasteiger partial charge in [0.1, 0.15) is 0 Å². The van der Waals surface area contributed by atoms with E-state index in [0.29, 0.717) is 0 Å². The average Bonchev–Trinajstić information content (AvgIpc) is 1.87. The Kier molecular flexibility index (Phi) is 3.30. The van der Waals surface area contributed by atoms with Crippen LogP contribution in [0.1, 0.15) is 13.8 Å². The van der Waals surface area contributed by atoms with E-state index in [1.165, 1.54) is 19.9 Å². The molecule has 1 unspecified atom stereocenters. The number of hydrogen-bond donors (Lipinski definition) is 2. The Labute approximate surface area is 64.7 Å². The van der Waals surface area contributed by atoms with Crippen molar-refractivity contribution in [3.05, 3.63) is 11.6 Å². The van der Waals surface area contributed by atoms with Gasteiger partial charge in [-0.05, 0) is 13.8 Å². The summed E-state index contributed by atoms with van der Waals surface area (Å²) >= 11 is 0. The Morgan fingerprint density at radius 1 is 1.55 bits per heavy atom. The third-order valence-electron chi connectivity index (χ3n) is 1.28. The highest BCUT2D eigenvalue weighted by Gasteiger charge is 2.08. The fourth-order valence-corrected chi connectivity index (χ4v) is 0.528. The zero-order valence-corrected chi connectivity index (χ0v) is 6.50. The van der Waals surface area contributed by atoms with Gasteiger partial charge in [-0.1, -0.05) is 6.08 Å². The molecular formula is C7H11NO3. The van der Waals surface area contributed by atoms with Crippen LogP contribution in [0.25, 0.3) is 0 Å². The van der Waals surface area contributed by atoms with Crippen LogP contribution in [0.15, 0.2) is 11.6 Å². The minimum absolute atomic E-state index is 0.278. The van der Waals surface area contributed by atoms with Gasteiger partial charge in [0.15, 0.2) is 0 Å². The molecule has 4 nitrogen and oxygen atoms in total. The van der Waals surface area contributed by atoms with Gasteiger partial charge in [0.2, 0.25) is 5.91 Å². The van der Waals surface area contributed by atoms with Crippen LogP contribution in [0, 0.1) is 5.92 Å². The van der Waals surface area contributed by atoms with Gasteiger partial charge >= 0.3 is 5.97 Å². The molecule has 0 fully saturated rings. The van der Waals surface area contributed by atoms with Crippen LogP contribution in [0.3, 0.4) is 0 Å². The van der Waals surface area contributed by atoms with Crippen LogP contribution in [0.2, 0.25) is 0 Å². The Balaban J connectivity index is 4.31. The first-order chi connectivity index (χ1) is 4.95. The molecule has 0 saturated heterocycles. The van der Waals surface area contributed by atoms with E-state index in [4.69, 9.17) is 10.8 Å². The molecule has 11 heavy (non-hydrogen) atoms. The second-order valence-electron chi connectivity index (χ2n) is 2.34. The van der Waals surface area contributed by atoms with Gasteiger partial charge in [0.25, 0.3) is 0 Å². The van der Waals surface area contributed by atoms with Crippen molar-refractivity contribution in [2.75, 3.05) is 0 Å². The zero-order valence-electron chi connectivity index (χ0n) is 6.50. The Morgan fingerprint density at radius 3 is 2.27 bits per heavy atom. The average molecular weight is 157 g/mol. The molecule has 1 atom stereocenters. The minimum Gasteiger partial charge on any atom is -0.481 e. The van der Waals surface area contributed by atoms with E-state index in [-0.39, 0.29) is 5.57 Å². The monoisotopic (exact) mass is 157 g/mol. The summed E-state index contributed by atoms with van der Waals surface area (Å²) in [4.78, 5) is 20.7. The molecule has 62 valence electrons. The molecule has 0 rings (SSSR count). The highest BCUT2D eigenvalue weighted by molar-refractivity contribution is 5.92. The topological polar surface area (TPSA) is 80.4 Å². The summed E-state index contributed by atoms with van der Waals surface area (Å²) in [5.74, 6) is -2.22. The number of rotatable bonds is 3. The summed E-state index contributed by atoms with van der Waals surface area (Å²) in [5.41, 5.74) is 5.16. The molecule has 0 spiro atoms. The zero-order chi connectivity index (χ0) is 9.02. The van der Waals surface area contributed by atoms with Crippen molar-refractivity contribution in [3.8, 4) is 0 Å². The standard InChI is InChI=1S/C7H11NO3/c1-4(6(8)9)3-5(2)7(10)11/h3,5H,1-2H3,(H2,8,9)(H,10,11)/b4-3-. The van der Waals surface area contributed by atoms with Crippen LogP contribution in [-0.2, 0) is 9.59 Å². The number of nitrogens with two attached hydrogens (primary N) is 1. The van der Waals surface area contributed by atoms with Crippen molar-refractivity contribution >= 4 is 11.9 Å². The first-order valence-corrected chi connectivity index (χ1v) is 3.16. The Morgan fingerprint density at radius 2 is 2.00 bits per heavy atom. The number of hydrogen-bond acceptors (Lipinski definition) is 2. The molecule has 1 amide bonds. The largest absolute Gasteiger partial charge is 0.481 e. The van der Waals surface area contributed by atoms with Crippen LogP contribution in [0.4, 0.5) is 0 Å². The Bertz CT molecular complexity index is 208. The van der Waals surface area contributed by atoms with Crippen LogP contribution >= 0.6 is 0 Å². The number of amides is 1. The van der Waals surface area contributed by atoms with Gasteiger partial charge in [-0.3, -0.25) is 9.59 Å². The van der Waals surface area contributed by atoms with Crippen LogP contribution < -0.4 is 5.73 Å². The quantitative estimate of drug-likeness (QED) is 0.572. The fourth-order valence-electron chi connectivity index (χ4n) is 0.528. The van der Waals surface area contributed by atoms with Gasteiger partial charge in [0, 0.05) is 5.57 Å². The normalized spacial score (nSPS) is 14.2. The molecule has 0 radical (unpaired) electrons. The summed E-state index contributed by atoms with van der Waals surface area (Å²) in [6.45, 7) is 2.97. The maximum absolute atomic E-state index is 10.4. The maximum atomic E-state index is 10.4. The van der Waals surface area contributed by atoms with Crippen molar-refractivity contribution in [1.82, 2.24) is 0 Å². The van der Waals surface area contributed by atoms with Crippen molar-refractivity contribution in [2.24, 2.45) is 11.7 Å². The SMILES string of the molecule is C/C(=C/C(C)C(=O)O)C(N)=O. The first-order valence-electron chi connectivity index (χ1n) is 3.16. The van der Waals surface area contributed by atoms with Gasteiger partial charge in [-0.2, -0.15) is 0 Å². The van der Waals surface area contributed by atoms with Gasteiger partial charge < -0.3 is 10.8 Å². The lowest BCUT2D eigenvalue weighted by Gasteiger charge is -1.99. The molecule has 0 aromatic heterocycles. The van der Waals surface area contributed by atoms with E-state index >= 15 is 0 Å². The summed E-state index contributed by atoms with van der Waals surface area (Å²) in [6, 6.07) is 0. The number of primary amides is 1. The molecule has 0 aliphatic rings. The third-order valence-corrected chi connectivity index (χ3v) is 1.28. The Hall–Kier alpha value is -1.32. The van der Waals surface area contributed by atoms with Gasteiger partial charge in [-0.25, -0.2) is 0 Å². The van der Waals surface area contributed by atoms with Crippen molar-refractivity contribution in [3.63, 3.8) is 0 Å². The maximum Gasteiger partial charge on any atom is 0.310 e. The summed E-state index contributed by atoms with van der Waals surface area (Å²) in [7, 11) is 0. The molecule has 4 heteroatoms. The smallest absolute Gasteiger partial charge is 0.310 e. The second-order valence-corrected chi connectivity index (χ2v) is 2.34. The lowest BCUT2D eigenvalue weighted by atomic mass is 10.1. The van der Waals surface area contributed by atoms with Gasteiger partial charge in [-0.15, -0.1) is 0 Å². The van der Waals surface area contributed by atoms with Crippen LogP contribution in [0.5, 0.6) is 0 Å². The molecule has 0 aliphatic heterocycles. The molecule has 0 bridgehead atoms. The predicted octanol–water partition coefficient (Wildman–Crippen LogP) is 0.139. The third kappa shape index (κ3) is 3.40. The van der Waals surface area contributed by atoms with E-state index in [2.05, 4.69) is 0 Å². The number of carbonyl (C=O) groups is 2. The molecule has 0 heterocycles. The van der Waals surface area contributed by atoms with E-state index < -0.39 is 17.8 Å². The van der Waals surface area contributed by atoms with Crippen molar-refractivity contribution in [2.45, 2.75) is 13.8 Å². The van der Waals surface area contributed by atoms with Gasteiger partial charge in [0.05, 0.1) is 5.92 Å². The summed E-state index contributed by atoms with van der Waals surface area (Å²) in [6.07, 6.45) is 1.32. The van der Waals surface area contributed by atoms with Crippen molar-refractivity contribution in [1.29, 1.82) is 0 Å². The number of aliphatic carboxylic acids is 1. The van der Waals surface area contributed by atoms with E-state index in [1.54, 1.807) is 0 Å². The lowest BCUT2D eigenvalue weighted by Crippen LogP contribution is -2.14. The van der Waals surface area contributed by atoms with E-state index in [0.717, 1.165) is 0 Å². The molecular weight excluding hydrogens is 146 g/mol. The molecule has 0 aliphatic carbocycles. The number of carbonyl (C=O) groups excluding carboxylic acids is 1. The predicted molar refractivity (Wildman–Crippen MR) is 39.8 cm³/mol. The second kappa shape index (κ2) is 3.75. The highest BCUT2D eigenvalue weighted by atomic mass is 16.4. The molecule has 0 saturated carbocycles. The molecule has 0 aromatic rings. The fraction of sp³-hybridized carbons (Fsp3) is 0.429. The molecule has 0 aromatic carbocycles. The lowest BCUT2D eigenvalue weighted by molar-refractivity contribution is -0.139. The van der Waals surface area contributed by atoms with E-state index in [1.807, 2.05) is 0 Å². The summed E-state index contributed by atoms with van der Waals surface area (Å²) < 4.78 is 0. The molecule has 3 N–H and O–H groups in total. The van der Waals surface area contributed by atoms with Crippen LogP contribution in [-0.4, -0.2) is 17.0 Å². The number of carboxylic acid groups (broad SMARTS) is 1. The summed E-state index contributed by atoms with van der Waals surface area (Å²) in [5, 5.41) is 8.42. The van der Waals surface area contributed by atoms with Crippen molar-refractivity contribution < 1.29 is 14.7 Å². The highest BCUT2D eigenvalue weighted by Crippen LogP contribution is 2.01. The van der Waals surface area contributed by atoms with E-state index in [9.17, 15) is 9.59 Å². The minimum atomic E-state index is -0.967.